The van der Waals surface area contributed by atoms with E-state index in [2.05, 4.69) is 33.1 Å². The van der Waals surface area contributed by atoms with Gasteiger partial charge in [-0.2, -0.15) is 0 Å². The number of amides is 1. The zero-order valence-electron chi connectivity index (χ0n) is 13.7. The SMILES string of the molecule is O=C(O)N1CCC(c2ncnc3cc(N4CCCC4)ccc23)CC1. The van der Waals surface area contributed by atoms with Crippen molar-refractivity contribution in [2.24, 2.45) is 0 Å². The van der Waals surface area contributed by atoms with Crippen molar-refractivity contribution >= 4 is 22.7 Å². The molecule has 126 valence electrons. The van der Waals surface area contributed by atoms with Crippen LogP contribution in [-0.4, -0.2) is 52.2 Å². The second kappa shape index (κ2) is 6.26. The van der Waals surface area contributed by atoms with E-state index < -0.39 is 6.09 Å². The number of hydrogen-bond acceptors (Lipinski definition) is 4. The molecule has 1 amide bonds. The van der Waals surface area contributed by atoms with E-state index in [0.717, 1.165) is 42.5 Å². The Kier molecular flexibility index (Phi) is 3.96. The van der Waals surface area contributed by atoms with Gasteiger partial charge in [-0.15, -0.1) is 0 Å². The van der Waals surface area contributed by atoms with E-state index in [0.29, 0.717) is 19.0 Å². The molecule has 0 bridgehead atoms. The second-order valence-electron chi connectivity index (χ2n) is 6.70. The van der Waals surface area contributed by atoms with Crippen molar-refractivity contribution in [2.45, 2.75) is 31.6 Å². The molecule has 4 rings (SSSR count). The normalized spacial score (nSPS) is 19.2. The lowest BCUT2D eigenvalue weighted by Gasteiger charge is -2.30. The van der Waals surface area contributed by atoms with Crippen molar-refractivity contribution < 1.29 is 9.90 Å². The molecule has 2 saturated heterocycles. The molecule has 0 saturated carbocycles. The summed E-state index contributed by atoms with van der Waals surface area (Å²) in [5.74, 6) is 0.309. The molecule has 1 aromatic heterocycles. The highest BCUT2D eigenvalue weighted by molar-refractivity contribution is 5.84. The van der Waals surface area contributed by atoms with Gasteiger partial charge in [0.05, 0.1) is 11.2 Å². The molecule has 0 atom stereocenters. The molecule has 1 N–H and O–H groups in total. The highest BCUT2D eigenvalue weighted by Gasteiger charge is 2.25. The zero-order valence-corrected chi connectivity index (χ0v) is 13.7. The number of likely N-dealkylation sites (tertiary alicyclic amines) is 1. The Labute approximate surface area is 141 Å². The Morgan fingerprint density at radius 3 is 2.54 bits per heavy atom. The minimum atomic E-state index is -0.823. The molecule has 2 aliphatic heterocycles. The van der Waals surface area contributed by atoms with E-state index in [1.165, 1.54) is 23.4 Å². The summed E-state index contributed by atoms with van der Waals surface area (Å²) >= 11 is 0. The largest absolute Gasteiger partial charge is 0.465 e. The van der Waals surface area contributed by atoms with Gasteiger partial charge in [0.15, 0.2) is 0 Å². The van der Waals surface area contributed by atoms with E-state index in [9.17, 15) is 4.79 Å². The third kappa shape index (κ3) is 2.77. The van der Waals surface area contributed by atoms with Gasteiger partial charge in [-0.3, -0.25) is 0 Å². The molecule has 24 heavy (non-hydrogen) atoms. The molecule has 6 nitrogen and oxygen atoms in total. The molecule has 0 unspecified atom stereocenters. The van der Waals surface area contributed by atoms with Crippen LogP contribution in [-0.2, 0) is 0 Å². The Balaban J connectivity index is 1.61. The fourth-order valence-electron chi connectivity index (χ4n) is 3.91. The summed E-state index contributed by atoms with van der Waals surface area (Å²) in [7, 11) is 0. The van der Waals surface area contributed by atoms with Crippen molar-refractivity contribution in [3.8, 4) is 0 Å². The van der Waals surface area contributed by atoms with Crippen molar-refractivity contribution in [1.82, 2.24) is 14.9 Å². The van der Waals surface area contributed by atoms with Crippen LogP contribution in [0.1, 0.15) is 37.3 Å². The van der Waals surface area contributed by atoms with Crippen LogP contribution in [0.25, 0.3) is 10.9 Å². The summed E-state index contributed by atoms with van der Waals surface area (Å²) in [5, 5.41) is 10.2. The Bertz CT molecular complexity index is 750. The third-order valence-electron chi connectivity index (χ3n) is 5.27. The van der Waals surface area contributed by atoms with Crippen LogP contribution in [0.15, 0.2) is 24.5 Å². The Morgan fingerprint density at radius 2 is 1.83 bits per heavy atom. The van der Waals surface area contributed by atoms with Crippen molar-refractivity contribution in [1.29, 1.82) is 0 Å². The van der Waals surface area contributed by atoms with E-state index in [1.54, 1.807) is 6.33 Å². The van der Waals surface area contributed by atoms with E-state index in [-0.39, 0.29) is 0 Å². The minimum Gasteiger partial charge on any atom is -0.465 e. The fraction of sp³-hybridized carbons (Fsp3) is 0.500. The first kappa shape index (κ1) is 15.2. The van der Waals surface area contributed by atoms with Crippen molar-refractivity contribution in [3.63, 3.8) is 0 Å². The van der Waals surface area contributed by atoms with Gasteiger partial charge in [0.2, 0.25) is 0 Å². The van der Waals surface area contributed by atoms with Gasteiger partial charge in [0, 0.05) is 43.2 Å². The molecule has 3 heterocycles. The number of benzene rings is 1. The first-order valence-electron chi connectivity index (χ1n) is 8.70. The summed E-state index contributed by atoms with van der Waals surface area (Å²) < 4.78 is 0. The summed E-state index contributed by atoms with van der Waals surface area (Å²) in [4.78, 5) is 24.0. The first-order chi connectivity index (χ1) is 11.7. The van der Waals surface area contributed by atoms with Gasteiger partial charge in [-0.1, -0.05) is 0 Å². The van der Waals surface area contributed by atoms with Gasteiger partial charge >= 0.3 is 6.09 Å². The lowest BCUT2D eigenvalue weighted by Crippen LogP contribution is -2.37. The molecule has 0 radical (unpaired) electrons. The highest BCUT2D eigenvalue weighted by atomic mass is 16.4. The molecular weight excluding hydrogens is 304 g/mol. The van der Waals surface area contributed by atoms with Gasteiger partial charge < -0.3 is 14.9 Å². The predicted octanol–water partition coefficient (Wildman–Crippen LogP) is 3.09. The van der Waals surface area contributed by atoms with Crippen molar-refractivity contribution in [3.05, 3.63) is 30.2 Å². The van der Waals surface area contributed by atoms with Crippen LogP contribution < -0.4 is 4.90 Å². The number of carbonyl (C=O) groups is 1. The standard InChI is InChI=1S/C18H22N4O2/c23-18(24)22-9-5-13(6-10-22)17-15-4-3-14(21-7-1-2-8-21)11-16(15)19-12-20-17/h3-4,11-13H,1-2,5-10H2,(H,23,24). The predicted molar refractivity (Wildman–Crippen MR) is 92.6 cm³/mol. The van der Waals surface area contributed by atoms with Crippen LogP contribution >= 0.6 is 0 Å². The first-order valence-corrected chi connectivity index (χ1v) is 8.70. The molecular formula is C18H22N4O2. The maximum Gasteiger partial charge on any atom is 0.407 e. The minimum absolute atomic E-state index is 0.309. The lowest BCUT2D eigenvalue weighted by molar-refractivity contribution is 0.132. The molecule has 2 fully saturated rings. The maximum atomic E-state index is 11.1. The third-order valence-corrected chi connectivity index (χ3v) is 5.27. The van der Waals surface area contributed by atoms with Crippen LogP contribution in [0, 0.1) is 0 Å². The molecule has 6 heteroatoms. The maximum absolute atomic E-state index is 11.1. The zero-order chi connectivity index (χ0) is 16.5. The quantitative estimate of drug-likeness (QED) is 0.918. The van der Waals surface area contributed by atoms with Gasteiger partial charge in [-0.05, 0) is 43.9 Å². The Hall–Kier alpha value is -2.37. The number of nitrogens with zero attached hydrogens (tertiary/aromatic N) is 4. The van der Waals surface area contributed by atoms with Crippen LogP contribution in [0.4, 0.5) is 10.5 Å². The Morgan fingerprint density at radius 1 is 1.08 bits per heavy atom. The number of hydrogen-bond donors (Lipinski definition) is 1. The van der Waals surface area contributed by atoms with Crippen molar-refractivity contribution in [2.75, 3.05) is 31.1 Å². The second-order valence-corrected chi connectivity index (χ2v) is 6.70. The fourth-order valence-corrected chi connectivity index (χ4v) is 3.91. The van der Waals surface area contributed by atoms with Crippen LogP contribution in [0.2, 0.25) is 0 Å². The summed E-state index contributed by atoms with van der Waals surface area (Å²) in [6, 6.07) is 6.48. The topological polar surface area (TPSA) is 69.6 Å². The summed E-state index contributed by atoms with van der Waals surface area (Å²) in [5.41, 5.74) is 3.30. The molecule has 1 aromatic carbocycles. The van der Waals surface area contributed by atoms with Crippen LogP contribution in [0.3, 0.4) is 0 Å². The lowest BCUT2D eigenvalue weighted by atomic mass is 9.91. The number of carboxylic acid groups (broad SMARTS) is 1. The van der Waals surface area contributed by atoms with E-state index >= 15 is 0 Å². The van der Waals surface area contributed by atoms with Gasteiger partial charge in [-0.25, -0.2) is 14.8 Å². The number of fused-ring (bicyclic) bond motifs is 1. The molecule has 0 spiro atoms. The summed E-state index contributed by atoms with van der Waals surface area (Å²) in [6.45, 7) is 3.41. The average Bonchev–Trinajstić information content (AvgIpc) is 3.15. The molecule has 0 aliphatic carbocycles. The summed E-state index contributed by atoms with van der Waals surface area (Å²) in [6.07, 6.45) is 4.99. The average molecular weight is 326 g/mol. The van der Waals surface area contributed by atoms with Crippen LogP contribution in [0.5, 0.6) is 0 Å². The van der Waals surface area contributed by atoms with E-state index in [4.69, 9.17) is 5.11 Å². The number of anilines is 1. The smallest absolute Gasteiger partial charge is 0.407 e. The monoisotopic (exact) mass is 326 g/mol. The highest BCUT2D eigenvalue weighted by Crippen LogP contribution is 2.32. The van der Waals surface area contributed by atoms with Gasteiger partial charge in [0.25, 0.3) is 0 Å². The number of aromatic nitrogens is 2. The van der Waals surface area contributed by atoms with Gasteiger partial charge in [0.1, 0.15) is 6.33 Å². The number of piperidine rings is 1. The molecule has 2 aromatic rings. The number of rotatable bonds is 2. The molecule has 2 aliphatic rings. The van der Waals surface area contributed by atoms with E-state index in [1.807, 2.05) is 0 Å².